The van der Waals surface area contributed by atoms with Crippen molar-refractivity contribution in [1.29, 1.82) is 0 Å². The minimum atomic E-state index is -3.47. The Bertz CT molecular complexity index is 549. The summed E-state index contributed by atoms with van der Waals surface area (Å²) in [7, 11) is -3.47. The molecule has 0 aromatic carbocycles. The molecule has 0 bridgehead atoms. The van der Waals surface area contributed by atoms with E-state index in [9.17, 15) is 8.42 Å². The summed E-state index contributed by atoms with van der Waals surface area (Å²) < 4.78 is 28.9. The number of hydrogen-bond donors (Lipinski definition) is 2. The summed E-state index contributed by atoms with van der Waals surface area (Å²) in [5.41, 5.74) is 0. The molecule has 0 amide bonds. The van der Waals surface area contributed by atoms with Crippen molar-refractivity contribution in [1.82, 2.24) is 19.8 Å². The van der Waals surface area contributed by atoms with Crippen LogP contribution in [0.5, 0.6) is 0 Å². The highest BCUT2D eigenvalue weighted by Crippen LogP contribution is 2.18. The lowest BCUT2D eigenvalue weighted by atomic mass is 10.1. The first kappa shape index (κ1) is 16.5. The number of nitrogens with one attached hydrogen (secondary N) is 2. The predicted octanol–water partition coefficient (Wildman–Crippen LogP) is 1.35. The first-order valence-corrected chi connectivity index (χ1v) is 9.13. The van der Waals surface area contributed by atoms with Crippen LogP contribution in [-0.2, 0) is 16.6 Å². The van der Waals surface area contributed by atoms with Crippen LogP contribution in [0.1, 0.15) is 40.0 Å². The van der Waals surface area contributed by atoms with E-state index >= 15 is 0 Å². The molecule has 0 saturated heterocycles. The molecule has 1 aromatic rings. The molecule has 120 valence electrons. The van der Waals surface area contributed by atoms with Crippen molar-refractivity contribution < 1.29 is 8.42 Å². The number of rotatable bonds is 9. The lowest BCUT2D eigenvalue weighted by Gasteiger charge is -2.15. The van der Waals surface area contributed by atoms with Gasteiger partial charge in [-0.1, -0.05) is 13.8 Å². The highest BCUT2D eigenvalue weighted by atomic mass is 32.2. The lowest BCUT2D eigenvalue weighted by Crippen LogP contribution is -2.33. The summed E-state index contributed by atoms with van der Waals surface area (Å²) in [6.45, 7) is 7.56. The average molecular weight is 314 g/mol. The van der Waals surface area contributed by atoms with Gasteiger partial charge in [0.2, 0.25) is 10.0 Å². The Balaban J connectivity index is 1.88. The third-order valence-corrected chi connectivity index (χ3v) is 5.00. The minimum absolute atomic E-state index is 0.0742. The van der Waals surface area contributed by atoms with Gasteiger partial charge in [-0.3, -0.25) is 4.68 Å². The molecule has 1 heterocycles. The van der Waals surface area contributed by atoms with Gasteiger partial charge in [0.25, 0.3) is 0 Å². The molecule has 1 fully saturated rings. The maximum atomic E-state index is 12.2. The van der Waals surface area contributed by atoms with E-state index in [1.54, 1.807) is 10.9 Å². The van der Waals surface area contributed by atoms with E-state index in [0.717, 1.165) is 13.0 Å². The predicted molar refractivity (Wildman–Crippen MR) is 82.5 cm³/mol. The Labute approximate surface area is 127 Å². The maximum absolute atomic E-state index is 12.2. The van der Waals surface area contributed by atoms with Crippen LogP contribution in [0.15, 0.2) is 17.3 Å². The molecule has 1 unspecified atom stereocenters. The van der Waals surface area contributed by atoms with Gasteiger partial charge in [-0.2, -0.15) is 5.10 Å². The molecule has 2 N–H and O–H groups in total. The van der Waals surface area contributed by atoms with E-state index in [2.05, 4.69) is 29.0 Å². The lowest BCUT2D eigenvalue weighted by molar-refractivity contribution is 0.482. The van der Waals surface area contributed by atoms with Crippen LogP contribution >= 0.6 is 0 Å². The first-order chi connectivity index (χ1) is 9.87. The van der Waals surface area contributed by atoms with Crippen LogP contribution < -0.4 is 10.0 Å². The summed E-state index contributed by atoms with van der Waals surface area (Å²) in [6, 6.07) is 0.581. The van der Waals surface area contributed by atoms with Crippen LogP contribution in [0.25, 0.3) is 0 Å². The molecular formula is C14H26N4O2S. The Kier molecular flexibility index (Phi) is 5.40. The number of nitrogens with zero attached hydrogens (tertiary/aromatic N) is 2. The van der Waals surface area contributed by atoms with Crippen molar-refractivity contribution in [3.05, 3.63) is 12.4 Å². The summed E-state index contributed by atoms with van der Waals surface area (Å²) in [5, 5.41) is 7.51. The molecule has 0 spiro atoms. The van der Waals surface area contributed by atoms with E-state index in [1.807, 2.05) is 6.92 Å². The second kappa shape index (κ2) is 6.89. The normalized spacial score (nSPS) is 17.3. The van der Waals surface area contributed by atoms with Gasteiger partial charge in [0.05, 0.1) is 12.7 Å². The van der Waals surface area contributed by atoms with Gasteiger partial charge >= 0.3 is 0 Å². The molecule has 1 aliphatic rings. The molecule has 21 heavy (non-hydrogen) atoms. The monoisotopic (exact) mass is 314 g/mol. The Morgan fingerprint density at radius 2 is 2.10 bits per heavy atom. The van der Waals surface area contributed by atoms with E-state index in [0.29, 0.717) is 18.5 Å². The molecule has 0 radical (unpaired) electrons. The molecular weight excluding hydrogens is 288 g/mol. The van der Waals surface area contributed by atoms with Crippen LogP contribution in [0.3, 0.4) is 0 Å². The standard InChI is InChI=1S/C14H26N4O2S/c1-11(2)8-12(3)17-21(19,20)14-9-16-18(10-14)7-6-15-13-4-5-13/h9-13,15,17H,4-8H2,1-3H3. The van der Waals surface area contributed by atoms with Crippen LogP contribution in [-0.4, -0.2) is 36.8 Å². The van der Waals surface area contributed by atoms with Gasteiger partial charge in [0, 0.05) is 24.8 Å². The molecule has 6 nitrogen and oxygen atoms in total. The van der Waals surface area contributed by atoms with Crippen molar-refractivity contribution in [3.8, 4) is 0 Å². The van der Waals surface area contributed by atoms with E-state index < -0.39 is 10.0 Å². The van der Waals surface area contributed by atoms with Gasteiger partial charge in [-0.15, -0.1) is 0 Å². The molecule has 1 atom stereocenters. The minimum Gasteiger partial charge on any atom is -0.312 e. The fourth-order valence-corrected chi connectivity index (χ4v) is 3.57. The third kappa shape index (κ3) is 5.41. The largest absolute Gasteiger partial charge is 0.312 e. The number of aromatic nitrogens is 2. The zero-order valence-corrected chi connectivity index (χ0v) is 13.9. The van der Waals surface area contributed by atoms with Crippen molar-refractivity contribution >= 4 is 10.0 Å². The highest BCUT2D eigenvalue weighted by molar-refractivity contribution is 7.89. The van der Waals surface area contributed by atoms with Crippen LogP contribution in [0.2, 0.25) is 0 Å². The maximum Gasteiger partial charge on any atom is 0.243 e. The quantitative estimate of drug-likeness (QED) is 0.721. The molecule has 1 aromatic heterocycles. The molecule has 2 rings (SSSR count). The number of hydrogen-bond acceptors (Lipinski definition) is 4. The highest BCUT2D eigenvalue weighted by Gasteiger charge is 2.21. The third-order valence-electron chi connectivity index (χ3n) is 3.45. The smallest absolute Gasteiger partial charge is 0.243 e. The number of sulfonamides is 1. The fraction of sp³-hybridized carbons (Fsp3) is 0.786. The summed E-state index contributed by atoms with van der Waals surface area (Å²) in [6.07, 6.45) is 6.33. The van der Waals surface area contributed by atoms with E-state index in [1.165, 1.54) is 19.0 Å². The summed E-state index contributed by atoms with van der Waals surface area (Å²) in [5.74, 6) is 0.457. The summed E-state index contributed by atoms with van der Waals surface area (Å²) >= 11 is 0. The second-order valence-corrected chi connectivity index (χ2v) is 8.03. The Hall–Kier alpha value is -0.920. The van der Waals surface area contributed by atoms with Crippen molar-refractivity contribution in [2.45, 2.75) is 63.6 Å². The zero-order valence-electron chi connectivity index (χ0n) is 13.0. The van der Waals surface area contributed by atoms with Crippen molar-refractivity contribution in [3.63, 3.8) is 0 Å². The molecule has 1 saturated carbocycles. The first-order valence-electron chi connectivity index (χ1n) is 7.65. The van der Waals surface area contributed by atoms with E-state index in [4.69, 9.17) is 0 Å². The van der Waals surface area contributed by atoms with Crippen LogP contribution in [0, 0.1) is 5.92 Å². The Morgan fingerprint density at radius 1 is 1.38 bits per heavy atom. The second-order valence-electron chi connectivity index (χ2n) is 6.32. The molecule has 1 aliphatic carbocycles. The van der Waals surface area contributed by atoms with Gasteiger partial charge < -0.3 is 5.32 Å². The van der Waals surface area contributed by atoms with E-state index in [-0.39, 0.29) is 10.9 Å². The topological polar surface area (TPSA) is 76.0 Å². The SMILES string of the molecule is CC(C)CC(C)NS(=O)(=O)c1cnn(CCNC2CC2)c1. The summed E-state index contributed by atoms with van der Waals surface area (Å²) in [4.78, 5) is 0.240. The molecule has 0 aliphatic heterocycles. The van der Waals surface area contributed by atoms with Crippen LogP contribution in [0.4, 0.5) is 0 Å². The van der Waals surface area contributed by atoms with Crippen molar-refractivity contribution in [2.24, 2.45) is 5.92 Å². The van der Waals surface area contributed by atoms with Gasteiger partial charge in [-0.05, 0) is 32.1 Å². The van der Waals surface area contributed by atoms with Gasteiger partial charge in [0.15, 0.2) is 0 Å². The molecule has 7 heteroatoms. The van der Waals surface area contributed by atoms with Crippen molar-refractivity contribution in [2.75, 3.05) is 6.54 Å². The zero-order chi connectivity index (χ0) is 15.5. The fourth-order valence-electron chi connectivity index (χ4n) is 2.36. The van der Waals surface area contributed by atoms with Gasteiger partial charge in [0.1, 0.15) is 4.90 Å². The average Bonchev–Trinajstić information content (AvgIpc) is 3.03. The Morgan fingerprint density at radius 3 is 2.71 bits per heavy atom. The van der Waals surface area contributed by atoms with Gasteiger partial charge in [-0.25, -0.2) is 13.1 Å².